The molecule has 0 aliphatic carbocycles. The molecule has 0 N–H and O–H groups in total. The molecule has 0 radical (unpaired) electrons. The van der Waals surface area contributed by atoms with Crippen LogP contribution in [0.4, 0.5) is 0 Å². The minimum atomic E-state index is 0.0578. The van der Waals surface area contributed by atoms with Crippen LogP contribution in [0.3, 0.4) is 0 Å². The van der Waals surface area contributed by atoms with Crippen molar-refractivity contribution in [2.24, 2.45) is 0 Å². The van der Waals surface area contributed by atoms with Crippen LogP contribution in [0.1, 0.15) is 74.9 Å². The fraction of sp³-hybridized carbons (Fsp3) is 0.375. The van der Waals surface area contributed by atoms with E-state index in [2.05, 4.69) is 73.9 Å². The number of carbonyl (C=O) groups excluding carboxylic acids is 1. The van der Waals surface area contributed by atoms with Crippen LogP contribution in [0.2, 0.25) is 0 Å². The quantitative estimate of drug-likeness (QED) is 0.221. The van der Waals surface area contributed by atoms with E-state index in [0.717, 1.165) is 42.0 Å². The first-order valence-corrected chi connectivity index (χ1v) is 13.5. The van der Waals surface area contributed by atoms with E-state index < -0.39 is 0 Å². The van der Waals surface area contributed by atoms with E-state index in [1.54, 1.807) is 0 Å². The third-order valence-corrected chi connectivity index (χ3v) is 7.53. The molecule has 1 aliphatic rings. The van der Waals surface area contributed by atoms with E-state index in [-0.39, 0.29) is 17.9 Å². The Labute approximate surface area is 220 Å². The molecule has 3 aromatic carbocycles. The molecule has 37 heavy (non-hydrogen) atoms. The number of benzene rings is 3. The SMILES string of the molecule is CC(C)c1ccccc1OCCCCn1c(C2CC(=O)N(C(C)c3ccccc3)C2)nc2ccccc21. The van der Waals surface area contributed by atoms with E-state index >= 15 is 0 Å². The monoisotopic (exact) mass is 495 g/mol. The molecule has 2 heterocycles. The molecular formula is C32H37N3O2. The Morgan fingerprint density at radius 3 is 2.46 bits per heavy atom. The summed E-state index contributed by atoms with van der Waals surface area (Å²) in [5.41, 5.74) is 4.57. The standard InChI is InChI=1S/C32H37N3O2/c1-23(2)27-15-7-10-18-30(27)37-20-12-11-19-34-29-17-9-8-16-28(29)33-32(34)26-21-31(36)35(22-26)24(3)25-13-5-4-6-14-25/h4-10,13-18,23-24,26H,11-12,19-22H2,1-3H3. The Hall–Kier alpha value is -3.60. The number of likely N-dealkylation sites (tertiary alicyclic amines) is 1. The number of aryl methyl sites for hydroxylation is 1. The van der Waals surface area contributed by atoms with Gasteiger partial charge >= 0.3 is 0 Å². The molecule has 1 fully saturated rings. The number of fused-ring (bicyclic) bond motifs is 1. The summed E-state index contributed by atoms with van der Waals surface area (Å²) in [7, 11) is 0. The van der Waals surface area contributed by atoms with E-state index in [0.29, 0.717) is 25.5 Å². The molecule has 5 rings (SSSR count). The Morgan fingerprint density at radius 1 is 0.919 bits per heavy atom. The summed E-state index contributed by atoms with van der Waals surface area (Å²) in [5, 5.41) is 0. The molecule has 1 amide bonds. The first-order valence-electron chi connectivity index (χ1n) is 13.5. The smallest absolute Gasteiger partial charge is 0.223 e. The number of ether oxygens (including phenoxy) is 1. The van der Waals surface area contributed by atoms with Gasteiger partial charge < -0.3 is 14.2 Å². The molecule has 0 spiro atoms. The molecule has 1 aliphatic heterocycles. The van der Waals surface area contributed by atoms with Gasteiger partial charge in [-0.2, -0.15) is 0 Å². The molecule has 2 atom stereocenters. The van der Waals surface area contributed by atoms with Gasteiger partial charge in [-0.25, -0.2) is 4.98 Å². The largest absolute Gasteiger partial charge is 0.493 e. The second-order valence-electron chi connectivity index (χ2n) is 10.4. The van der Waals surface area contributed by atoms with E-state index in [1.165, 1.54) is 11.1 Å². The van der Waals surface area contributed by atoms with Gasteiger partial charge in [0.1, 0.15) is 11.6 Å². The maximum absolute atomic E-state index is 13.1. The van der Waals surface area contributed by atoms with E-state index in [9.17, 15) is 4.79 Å². The maximum atomic E-state index is 13.1. The average Bonchev–Trinajstić information content (AvgIpc) is 3.49. The Morgan fingerprint density at radius 2 is 1.65 bits per heavy atom. The van der Waals surface area contributed by atoms with Crippen molar-refractivity contribution >= 4 is 16.9 Å². The fourth-order valence-corrected chi connectivity index (χ4v) is 5.47. The third-order valence-electron chi connectivity index (χ3n) is 7.53. The van der Waals surface area contributed by atoms with Crippen LogP contribution in [0.15, 0.2) is 78.9 Å². The predicted molar refractivity (Wildman–Crippen MR) is 149 cm³/mol. The highest BCUT2D eigenvalue weighted by atomic mass is 16.5. The Bertz CT molecular complexity index is 1340. The zero-order valence-corrected chi connectivity index (χ0v) is 22.1. The van der Waals surface area contributed by atoms with Crippen LogP contribution >= 0.6 is 0 Å². The molecule has 4 aromatic rings. The summed E-state index contributed by atoms with van der Waals surface area (Å²) in [6, 6.07) is 27.0. The molecule has 5 heteroatoms. The number of unbranched alkanes of at least 4 members (excludes halogenated alkanes) is 1. The molecule has 1 aromatic heterocycles. The molecule has 5 nitrogen and oxygen atoms in total. The van der Waals surface area contributed by atoms with Crippen LogP contribution in [-0.4, -0.2) is 33.5 Å². The van der Waals surface area contributed by atoms with Crippen LogP contribution < -0.4 is 4.74 Å². The molecule has 0 saturated carbocycles. The van der Waals surface area contributed by atoms with Gasteiger partial charge in [0, 0.05) is 25.4 Å². The number of imidazole rings is 1. The van der Waals surface area contributed by atoms with Gasteiger partial charge in [-0.1, -0.05) is 74.5 Å². The Balaban J connectivity index is 1.27. The highest BCUT2D eigenvalue weighted by Gasteiger charge is 2.36. The minimum Gasteiger partial charge on any atom is -0.493 e. The highest BCUT2D eigenvalue weighted by molar-refractivity contribution is 5.81. The molecule has 192 valence electrons. The first kappa shape index (κ1) is 25.1. The van der Waals surface area contributed by atoms with E-state index in [1.807, 2.05) is 35.2 Å². The number of nitrogens with zero attached hydrogens (tertiary/aromatic N) is 3. The van der Waals surface area contributed by atoms with Crippen molar-refractivity contribution < 1.29 is 9.53 Å². The number of hydrogen-bond donors (Lipinski definition) is 0. The molecular weight excluding hydrogens is 458 g/mol. The summed E-state index contributed by atoms with van der Waals surface area (Å²) >= 11 is 0. The summed E-state index contributed by atoms with van der Waals surface area (Å²) in [5.74, 6) is 2.76. The van der Waals surface area contributed by atoms with Crippen molar-refractivity contribution in [3.8, 4) is 5.75 Å². The van der Waals surface area contributed by atoms with Crippen molar-refractivity contribution in [1.82, 2.24) is 14.5 Å². The van der Waals surface area contributed by atoms with Crippen molar-refractivity contribution in [1.29, 1.82) is 0 Å². The van der Waals surface area contributed by atoms with Crippen LogP contribution in [0.5, 0.6) is 5.75 Å². The van der Waals surface area contributed by atoms with Gasteiger partial charge in [0.05, 0.1) is 23.7 Å². The molecule has 1 saturated heterocycles. The number of amides is 1. The van der Waals surface area contributed by atoms with Crippen molar-refractivity contribution in [3.05, 3.63) is 95.8 Å². The summed E-state index contributed by atoms with van der Waals surface area (Å²) < 4.78 is 8.50. The number of carbonyl (C=O) groups is 1. The van der Waals surface area contributed by atoms with Crippen molar-refractivity contribution in [3.63, 3.8) is 0 Å². The van der Waals surface area contributed by atoms with Gasteiger partial charge in [0.15, 0.2) is 0 Å². The normalized spacial score (nSPS) is 16.6. The zero-order chi connectivity index (χ0) is 25.8. The van der Waals surface area contributed by atoms with Crippen LogP contribution in [0, 0.1) is 0 Å². The van der Waals surface area contributed by atoms with Crippen LogP contribution in [0.25, 0.3) is 11.0 Å². The van der Waals surface area contributed by atoms with Gasteiger partial charge in [-0.15, -0.1) is 0 Å². The third kappa shape index (κ3) is 5.41. The van der Waals surface area contributed by atoms with Gasteiger partial charge in [0.25, 0.3) is 0 Å². The minimum absolute atomic E-state index is 0.0578. The second kappa shape index (κ2) is 11.2. The average molecular weight is 496 g/mol. The summed E-state index contributed by atoms with van der Waals surface area (Å²) in [6.45, 7) is 8.77. The predicted octanol–water partition coefficient (Wildman–Crippen LogP) is 7.10. The van der Waals surface area contributed by atoms with Crippen molar-refractivity contribution in [2.75, 3.05) is 13.2 Å². The number of aromatic nitrogens is 2. The zero-order valence-electron chi connectivity index (χ0n) is 22.1. The number of rotatable bonds is 10. The fourth-order valence-electron chi connectivity index (χ4n) is 5.47. The van der Waals surface area contributed by atoms with Gasteiger partial charge in [-0.05, 0) is 55.0 Å². The highest BCUT2D eigenvalue weighted by Crippen LogP contribution is 2.35. The summed E-state index contributed by atoms with van der Waals surface area (Å²) in [6.07, 6.45) is 2.46. The van der Waals surface area contributed by atoms with Crippen LogP contribution in [-0.2, 0) is 11.3 Å². The first-order chi connectivity index (χ1) is 18.0. The maximum Gasteiger partial charge on any atom is 0.223 e. The lowest BCUT2D eigenvalue weighted by molar-refractivity contribution is -0.129. The second-order valence-corrected chi connectivity index (χ2v) is 10.4. The van der Waals surface area contributed by atoms with Gasteiger partial charge in [0.2, 0.25) is 5.91 Å². The van der Waals surface area contributed by atoms with Gasteiger partial charge in [-0.3, -0.25) is 4.79 Å². The number of hydrogen-bond acceptors (Lipinski definition) is 3. The number of para-hydroxylation sites is 3. The molecule has 2 unspecified atom stereocenters. The lowest BCUT2D eigenvalue weighted by Gasteiger charge is -2.25. The lowest BCUT2D eigenvalue weighted by Crippen LogP contribution is -2.28. The Kier molecular flexibility index (Phi) is 7.59. The lowest BCUT2D eigenvalue weighted by atomic mass is 10.0. The summed E-state index contributed by atoms with van der Waals surface area (Å²) in [4.78, 5) is 20.1. The topological polar surface area (TPSA) is 47.4 Å². The molecule has 0 bridgehead atoms. The van der Waals surface area contributed by atoms with E-state index in [4.69, 9.17) is 9.72 Å². The van der Waals surface area contributed by atoms with Crippen molar-refractivity contribution in [2.45, 2.75) is 64.5 Å².